The normalized spacial score (nSPS) is 19.1. The van der Waals surface area contributed by atoms with Crippen LogP contribution in [0.5, 0.6) is 5.75 Å². The van der Waals surface area contributed by atoms with Crippen LogP contribution in [-0.2, 0) is 19.0 Å². The Morgan fingerprint density at radius 1 is 1.19 bits per heavy atom. The van der Waals surface area contributed by atoms with Crippen LogP contribution in [0.4, 0.5) is 0 Å². The third-order valence-corrected chi connectivity index (χ3v) is 5.25. The van der Waals surface area contributed by atoms with Crippen molar-refractivity contribution in [3.8, 4) is 5.75 Å². The van der Waals surface area contributed by atoms with E-state index in [0.717, 1.165) is 41.4 Å². The Bertz CT molecular complexity index is 874. The van der Waals surface area contributed by atoms with E-state index < -0.39 is 0 Å². The minimum atomic E-state index is 0.165. The summed E-state index contributed by atoms with van der Waals surface area (Å²) in [6.45, 7) is 10.8. The van der Waals surface area contributed by atoms with Crippen LogP contribution in [-0.4, -0.2) is 35.1 Å². The topological polar surface area (TPSA) is 48.4 Å². The molecule has 1 aliphatic heterocycles. The Morgan fingerprint density at radius 2 is 1.85 bits per heavy atom. The summed E-state index contributed by atoms with van der Waals surface area (Å²) in [5, 5.41) is 8.43. The molecule has 0 radical (unpaired) electrons. The fourth-order valence-corrected chi connectivity index (χ4v) is 3.32. The lowest BCUT2D eigenvalue weighted by molar-refractivity contribution is 0.520. The van der Waals surface area contributed by atoms with Crippen LogP contribution in [0.3, 0.4) is 0 Å². The average molecular weight is 383 g/mol. The predicted octanol–water partition coefficient (Wildman–Crippen LogP) is 3.63. The first-order valence-corrected chi connectivity index (χ1v) is 9.81. The van der Waals surface area contributed by atoms with Crippen molar-refractivity contribution in [2.75, 3.05) is 13.1 Å². The Hall–Kier alpha value is -2.11. The number of rotatable bonds is 5. The van der Waals surface area contributed by atoms with E-state index in [4.69, 9.17) is 10.1 Å². The number of aryl methyl sites for hydroxylation is 3. The van der Waals surface area contributed by atoms with E-state index in [1.54, 1.807) is 0 Å². The zero-order valence-corrected chi connectivity index (χ0v) is 17.5. The van der Waals surface area contributed by atoms with Crippen molar-refractivity contribution in [2.45, 2.75) is 40.2 Å². The summed E-state index contributed by atoms with van der Waals surface area (Å²) >= 11 is 3.41. The molecule has 142 valence electrons. The summed E-state index contributed by atoms with van der Waals surface area (Å²) in [5.41, 5.74) is 5.57. The highest BCUT2D eigenvalue weighted by molar-refractivity contribution is 7.77. The van der Waals surface area contributed by atoms with Crippen molar-refractivity contribution in [3.05, 3.63) is 64.2 Å². The van der Waals surface area contributed by atoms with Gasteiger partial charge < -0.3 is 4.74 Å². The number of benzene rings is 2. The molecule has 3 rings (SSSR count). The van der Waals surface area contributed by atoms with Crippen LogP contribution < -0.4 is 4.74 Å². The van der Waals surface area contributed by atoms with Crippen molar-refractivity contribution in [3.63, 3.8) is 0 Å². The molecule has 0 aliphatic carbocycles. The van der Waals surface area contributed by atoms with Crippen molar-refractivity contribution >= 4 is 23.7 Å². The summed E-state index contributed by atoms with van der Waals surface area (Å²) in [4.78, 5) is 6.70. The van der Waals surface area contributed by atoms with Gasteiger partial charge in [-0.3, -0.25) is 10.3 Å². The number of nitrogens with zero attached hydrogens (tertiary/aromatic N) is 2. The second kappa shape index (κ2) is 8.28. The van der Waals surface area contributed by atoms with Crippen LogP contribution in [0.2, 0.25) is 0 Å². The maximum Gasteiger partial charge on any atom is 0.414 e. The highest BCUT2D eigenvalue weighted by Gasteiger charge is 2.28. The van der Waals surface area contributed by atoms with Crippen LogP contribution in [0.15, 0.2) is 41.4 Å². The van der Waals surface area contributed by atoms with Crippen LogP contribution in [0.1, 0.15) is 34.7 Å². The minimum absolute atomic E-state index is 0.165. The van der Waals surface area contributed by atoms with Crippen molar-refractivity contribution < 1.29 is 4.74 Å². The molecule has 2 aromatic carbocycles. The summed E-state index contributed by atoms with van der Waals surface area (Å²) in [6, 6.07) is 12.7. The first-order chi connectivity index (χ1) is 12.8. The Kier molecular flexibility index (Phi) is 6.02. The van der Waals surface area contributed by atoms with Crippen molar-refractivity contribution in [1.82, 2.24) is 4.90 Å². The third kappa shape index (κ3) is 5.21. The Balaban J connectivity index is 1.67. The lowest BCUT2D eigenvalue weighted by atomic mass is 10.0. The van der Waals surface area contributed by atoms with Gasteiger partial charge in [-0.15, -0.1) is 4.99 Å². The Labute approximate surface area is 167 Å². The lowest BCUT2D eigenvalue weighted by Crippen LogP contribution is -2.10. The minimum Gasteiger partial charge on any atom is -0.402 e. The molecule has 4 nitrogen and oxygen atoms in total. The van der Waals surface area contributed by atoms with Gasteiger partial charge in [-0.05, 0) is 56.9 Å². The van der Waals surface area contributed by atoms with Crippen LogP contribution in [0, 0.1) is 26.2 Å². The monoisotopic (exact) mass is 382 g/mol. The first-order valence-electron chi connectivity index (χ1n) is 9.31. The fourth-order valence-electron chi connectivity index (χ4n) is 3.10. The first kappa shape index (κ1) is 19.6. The molecule has 0 spiro atoms. The number of ether oxygens (including phenoxy) is 1. The fraction of sp³-hybridized carbons (Fsp3) is 0.364. The van der Waals surface area contributed by atoms with Gasteiger partial charge in [-0.1, -0.05) is 35.9 Å². The highest BCUT2D eigenvalue weighted by Crippen LogP contribution is 2.25. The molecule has 2 atom stereocenters. The van der Waals surface area contributed by atoms with E-state index in [0.29, 0.717) is 0 Å². The molecule has 0 amide bonds. The molecule has 1 heterocycles. The molecule has 1 N–H and O–H groups in total. The molecule has 1 fully saturated rings. The number of hydrogen-bond donors (Lipinski definition) is 1. The van der Waals surface area contributed by atoms with E-state index in [2.05, 4.69) is 48.5 Å². The maximum atomic E-state index is 8.14. The molecular formula is C22H28N3OS+. The summed E-state index contributed by atoms with van der Waals surface area (Å²) in [5.74, 6) is 0.931. The number of nitrogens with one attached hydrogen (secondary N) is 1. The largest absolute Gasteiger partial charge is 0.414 e. The van der Waals surface area contributed by atoms with Gasteiger partial charge in [0.1, 0.15) is 5.75 Å². The molecule has 0 aromatic heterocycles. The van der Waals surface area contributed by atoms with E-state index >= 15 is 0 Å². The number of aliphatic imine (C=N–C) groups is 1. The molecule has 0 bridgehead atoms. The van der Waals surface area contributed by atoms with Crippen molar-refractivity contribution in [1.29, 1.82) is 5.41 Å². The molecule has 2 unspecified atom stereocenters. The molecule has 2 aromatic rings. The number of amidine groups is 1. The van der Waals surface area contributed by atoms with Gasteiger partial charge in [0.25, 0.3) is 0 Å². The maximum absolute atomic E-state index is 8.14. The summed E-state index contributed by atoms with van der Waals surface area (Å²) < 4.78 is 5.86. The molecule has 0 saturated carbocycles. The Morgan fingerprint density at radius 3 is 2.48 bits per heavy atom. The van der Waals surface area contributed by atoms with Gasteiger partial charge in [-0.2, -0.15) is 0 Å². The van der Waals surface area contributed by atoms with Gasteiger partial charge in [0.2, 0.25) is 0 Å². The zero-order chi connectivity index (χ0) is 19.6. The van der Waals surface area contributed by atoms with Crippen LogP contribution in [0.25, 0.3) is 0 Å². The SMILES string of the molecule is Cc1ccc(C(=N)N=C([SH2+])Oc2cc(C)c(CCN3CC3C)cc2C)cc1. The van der Waals surface area contributed by atoms with Gasteiger partial charge in [0, 0.05) is 24.7 Å². The molecule has 5 heteroatoms. The number of hydrogen-bond acceptors (Lipinski definition) is 3. The van der Waals surface area contributed by atoms with Gasteiger partial charge in [0.05, 0.1) is 12.6 Å². The van der Waals surface area contributed by atoms with E-state index in [9.17, 15) is 0 Å². The van der Waals surface area contributed by atoms with E-state index in [1.807, 2.05) is 38.1 Å². The van der Waals surface area contributed by atoms with E-state index in [1.165, 1.54) is 17.7 Å². The third-order valence-electron chi connectivity index (χ3n) is 5.04. The lowest BCUT2D eigenvalue weighted by Gasteiger charge is -2.12. The molecule has 1 saturated heterocycles. The van der Waals surface area contributed by atoms with Crippen molar-refractivity contribution in [2.24, 2.45) is 4.99 Å². The zero-order valence-electron chi connectivity index (χ0n) is 16.5. The molecule has 27 heavy (non-hydrogen) atoms. The predicted molar refractivity (Wildman–Crippen MR) is 117 cm³/mol. The molecule has 1 aliphatic rings. The van der Waals surface area contributed by atoms with E-state index in [-0.39, 0.29) is 11.1 Å². The average Bonchev–Trinajstić information content (AvgIpc) is 3.32. The van der Waals surface area contributed by atoms with Gasteiger partial charge in [-0.25, -0.2) is 0 Å². The molecular weight excluding hydrogens is 354 g/mol. The summed E-state index contributed by atoms with van der Waals surface area (Å²) in [7, 11) is 0. The smallest absolute Gasteiger partial charge is 0.402 e. The second-order valence-electron chi connectivity index (χ2n) is 7.37. The van der Waals surface area contributed by atoms with Crippen LogP contribution >= 0.6 is 0 Å². The quantitative estimate of drug-likeness (QED) is 0.372. The van der Waals surface area contributed by atoms with Gasteiger partial charge >= 0.3 is 5.23 Å². The summed E-state index contributed by atoms with van der Waals surface area (Å²) in [6.07, 6.45) is 1.06. The van der Waals surface area contributed by atoms with Gasteiger partial charge in [0.15, 0.2) is 5.84 Å². The second-order valence-corrected chi connectivity index (χ2v) is 7.80. The standard InChI is InChI=1S/C22H27N3OS/c1-14-5-7-18(8-6-14)21(23)24-22(27)26-20-12-15(2)19(11-16(20)3)9-10-25-13-17(25)4/h5-8,11-12,17H,9-10,13H2,1-4H3,(H2,23,24,27)/p+1. The highest BCUT2D eigenvalue weighted by atomic mass is 32.1.